The highest BCUT2D eigenvalue weighted by atomic mass is 32.1. The number of hydrogen-bond acceptors (Lipinski definition) is 5. The first-order valence-electron chi connectivity index (χ1n) is 5.02. The van der Waals surface area contributed by atoms with Crippen LogP contribution in [0.1, 0.15) is 20.9 Å². The van der Waals surface area contributed by atoms with Crippen molar-refractivity contribution in [1.29, 1.82) is 0 Å². The van der Waals surface area contributed by atoms with E-state index in [9.17, 15) is 4.79 Å². The summed E-state index contributed by atoms with van der Waals surface area (Å²) in [6.07, 6.45) is 3.18. The fourth-order valence-electron chi connectivity index (χ4n) is 1.35. The second-order valence-corrected chi connectivity index (χ2v) is 4.88. The number of carbonyl (C=O) groups excluding carboxylic acids is 1. The van der Waals surface area contributed by atoms with Gasteiger partial charge in [0.1, 0.15) is 0 Å². The van der Waals surface area contributed by atoms with E-state index >= 15 is 0 Å². The van der Waals surface area contributed by atoms with Crippen molar-refractivity contribution < 1.29 is 4.79 Å². The van der Waals surface area contributed by atoms with Crippen LogP contribution in [0.25, 0.3) is 0 Å². The molecule has 1 amide bonds. The molecule has 0 saturated carbocycles. The van der Waals surface area contributed by atoms with Crippen molar-refractivity contribution in [3.8, 4) is 0 Å². The van der Waals surface area contributed by atoms with E-state index in [0.717, 1.165) is 10.6 Å². The quantitative estimate of drug-likeness (QED) is 0.851. The Morgan fingerprint density at radius 3 is 2.71 bits per heavy atom. The first-order chi connectivity index (χ1) is 8.06. The molecule has 88 valence electrons. The molecule has 0 aliphatic rings. The maximum absolute atomic E-state index is 11.9. The molecular weight excluding hydrogens is 236 g/mol. The molecule has 2 heterocycles. The Morgan fingerprint density at radius 1 is 1.35 bits per heavy atom. The van der Waals surface area contributed by atoms with Crippen LogP contribution in [0.2, 0.25) is 0 Å². The van der Waals surface area contributed by atoms with Gasteiger partial charge in [0.05, 0.1) is 5.56 Å². The fourth-order valence-corrected chi connectivity index (χ4v) is 2.01. The Labute approximate surface area is 103 Å². The first kappa shape index (κ1) is 11.5. The van der Waals surface area contributed by atoms with E-state index in [0.29, 0.717) is 16.4 Å². The molecule has 3 N–H and O–H groups in total. The number of nitrogen functional groups attached to an aromatic ring is 1. The first-order valence-corrected chi connectivity index (χ1v) is 5.84. The summed E-state index contributed by atoms with van der Waals surface area (Å²) in [4.78, 5) is 21.0. The molecule has 0 aromatic carbocycles. The van der Waals surface area contributed by atoms with Gasteiger partial charge < -0.3 is 5.73 Å². The van der Waals surface area contributed by atoms with Crippen LogP contribution in [0.4, 0.5) is 10.8 Å². The van der Waals surface area contributed by atoms with Crippen molar-refractivity contribution in [3.63, 3.8) is 0 Å². The van der Waals surface area contributed by atoms with Crippen LogP contribution in [-0.2, 0) is 0 Å². The average Bonchev–Trinajstić information content (AvgIpc) is 2.63. The smallest absolute Gasteiger partial charge is 0.261 e. The molecule has 0 bridgehead atoms. The van der Waals surface area contributed by atoms with Crippen LogP contribution in [0.3, 0.4) is 0 Å². The Bertz CT molecular complexity index is 564. The number of aryl methyl sites for hydroxylation is 2. The Hall–Kier alpha value is -1.95. The molecule has 2 rings (SSSR count). The van der Waals surface area contributed by atoms with Gasteiger partial charge in [-0.3, -0.25) is 15.1 Å². The molecule has 0 radical (unpaired) electrons. The number of nitrogens with one attached hydrogen (secondary N) is 1. The molecule has 2 aromatic rings. The Balaban J connectivity index is 2.20. The van der Waals surface area contributed by atoms with Crippen LogP contribution in [0, 0.1) is 13.8 Å². The van der Waals surface area contributed by atoms with E-state index in [-0.39, 0.29) is 5.91 Å². The molecule has 0 atom stereocenters. The minimum absolute atomic E-state index is 0.288. The number of pyridine rings is 1. The zero-order chi connectivity index (χ0) is 12.4. The summed E-state index contributed by atoms with van der Waals surface area (Å²) in [7, 11) is 0. The van der Waals surface area contributed by atoms with Gasteiger partial charge in [-0.05, 0) is 19.9 Å². The van der Waals surface area contributed by atoms with Crippen LogP contribution < -0.4 is 11.1 Å². The van der Waals surface area contributed by atoms with Gasteiger partial charge in [0.25, 0.3) is 5.91 Å². The number of anilines is 2. The lowest BCUT2D eigenvalue weighted by Crippen LogP contribution is -2.14. The summed E-state index contributed by atoms with van der Waals surface area (Å²) in [5, 5.41) is 3.25. The normalized spacial score (nSPS) is 10.2. The maximum Gasteiger partial charge on any atom is 0.261 e. The van der Waals surface area contributed by atoms with Crippen molar-refractivity contribution in [3.05, 3.63) is 34.6 Å². The summed E-state index contributed by atoms with van der Waals surface area (Å²) >= 11 is 1.42. The van der Waals surface area contributed by atoms with Crippen molar-refractivity contribution in [2.45, 2.75) is 13.8 Å². The number of aromatic nitrogens is 2. The van der Waals surface area contributed by atoms with Crippen molar-refractivity contribution in [2.24, 2.45) is 0 Å². The largest absolute Gasteiger partial charge is 0.398 e. The highest BCUT2D eigenvalue weighted by molar-refractivity contribution is 7.15. The van der Waals surface area contributed by atoms with Crippen molar-refractivity contribution in [1.82, 2.24) is 9.97 Å². The molecule has 17 heavy (non-hydrogen) atoms. The third kappa shape index (κ3) is 2.59. The van der Waals surface area contributed by atoms with E-state index < -0.39 is 0 Å². The molecule has 5 nitrogen and oxygen atoms in total. The van der Waals surface area contributed by atoms with Gasteiger partial charge in [0.2, 0.25) is 0 Å². The number of rotatable bonds is 2. The molecular formula is C11H12N4OS. The van der Waals surface area contributed by atoms with E-state index in [1.807, 2.05) is 13.8 Å². The molecule has 0 aliphatic carbocycles. The Morgan fingerprint density at radius 2 is 2.12 bits per heavy atom. The molecule has 0 spiro atoms. The summed E-state index contributed by atoms with van der Waals surface area (Å²) in [5.74, 6) is -0.288. The third-order valence-corrected chi connectivity index (χ3v) is 2.99. The molecule has 0 fully saturated rings. The van der Waals surface area contributed by atoms with E-state index in [4.69, 9.17) is 5.73 Å². The highest BCUT2D eigenvalue weighted by Gasteiger charge is 2.12. The number of nitrogens with zero attached hydrogens (tertiary/aromatic N) is 2. The third-order valence-electron chi connectivity index (χ3n) is 2.16. The molecule has 0 saturated heterocycles. The average molecular weight is 248 g/mol. The van der Waals surface area contributed by atoms with Crippen molar-refractivity contribution in [2.75, 3.05) is 11.1 Å². The highest BCUT2D eigenvalue weighted by Crippen LogP contribution is 2.19. The topological polar surface area (TPSA) is 80.9 Å². The van der Waals surface area contributed by atoms with Gasteiger partial charge in [-0.1, -0.05) is 0 Å². The standard InChI is InChI=1S/C11H12N4OS/c1-6-3-9(12)8(5-13-6)10(16)15-11-14-4-7(2)17-11/h3-5H,1-2H3,(H2,12,13)(H,14,15,16). The predicted molar refractivity (Wildman–Crippen MR) is 68.2 cm³/mol. The Kier molecular flexibility index (Phi) is 3.06. The second-order valence-electron chi connectivity index (χ2n) is 3.64. The SMILES string of the molecule is Cc1cc(N)c(C(=O)Nc2ncc(C)s2)cn1. The monoisotopic (exact) mass is 248 g/mol. The zero-order valence-electron chi connectivity index (χ0n) is 9.52. The molecule has 0 aliphatic heterocycles. The predicted octanol–water partition coefficient (Wildman–Crippen LogP) is 1.99. The maximum atomic E-state index is 11.9. The lowest BCUT2D eigenvalue weighted by molar-refractivity contribution is 0.102. The summed E-state index contributed by atoms with van der Waals surface area (Å²) in [6, 6.07) is 1.67. The van der Waals surface area contributed by atoms with E-state index in [1.165, 1.54) is 17.5 Å². The van der Waals surface area contributed by atoms with Gasteiger partial charge in [-0.25, -0.2) is 4.98 Å². The number of nitrogens with two attached hydrogens (primary N) is 1. The zero-order valence-corrected chi connectivity index (χ0v) is 10.3. The van der Waals surface area contributed by atoms with E-state index in [2.05, 4.69) is 15.3 Å². The van der Waals surface area contributed by atoms with Crippen LogP contribution in [0.5, 0.6) is 0 Å². The summed E-state index contributed by atoms with van der Waals surface area (Å²) in [5.41, 5.74) is 7.33. The fraction of sp³-hybridized carbons (Fsp3) is 0.182. The second kappa shape index (κ2) is 4.50. The van der Waals surface area contributed by atoms with Gasteiger partial charge in [-0.2, -0.15) is 0 Å². The summed E-state index contributed by atoms with van der Waals surface area (Å²) < 4.78 is 0. The number of amides is 1. The number of hydrogen-bond donors (Lipinski definition) is 2. The van der Waals surface area contributed by atoms with Crippen LogP contribution in [-0.4, -0.2) is 15.9 Å². The molecule has 6 heteroatoms. The lowest BCUT2D eigenvalue weighted by atomic mass is 10.2. The van der Waals surface area contributed by atoms with Crippen LogP contribution in [0.15, 0.2) is 18.5 Å². The lowest BCUT2D eigenvalue weighted by Gasteiger charge is -2.05. The minimum Gasteiger partial charge on any atom is -0.398 e. The number of carbonyl (C=O) groups is 1. The molecule has 2 aromatic heterocycles. The number of thiazole rings is 1. The van der Waals surface area contributed by atoms with Gasteiger partial charge in [0, 0.05) is 28.7 Å². The summed E-state index contributed by atoms with van der Waals surface area (Å²) in [6.45, 7) is 3.75. The minimum atomic E-state index is -0.288. The van der Waals surface area contributed by atoms with E-state index in [1.54, 1.807) is 12.3 Å². The van der Waals surface area contributed by atoms with Gasteiger partial charge in [-0.15, -0.1) is 11.3 Å². The van der Waals surface area contributed by atoms with Crippen molar-refractivity contribution >= 4 is 28.1 Å². The van der Waals surface area contributed by atoms with Crippen LogP contribution >= 0.6 is 11.3 Å². The molecule has 0 unspecified atom stereocenters. The van der Waals surface area contributed by atoms with Gasteiger partial charge >= 0.3 is 0 Å². The van der Waals surface area contributed by atoms with Gasteiger partial charge in [0.15, 0.2) is 5.13 Å².